The summed E-state index contributed by atoms with van der Waals surface area (Å²) in [5, 5.41) is 12.8. The maximum absolute atomic E-state index is 13.4. The molecule has 2 aromatic rings. The largest absolute Gasteiger partial charge is 0.489 e. The average molecular weight is 637 g/mol. The van der Waals surface area contributed by atoms with Crippen molar-refractivity contribution >= 4 is 29.3 Å². The molecule has 242 valence electrons. The number of ether oxygens (including phenoxy) is 3. The van der Waals surface area contributed by atoms with E-state index in [9.17, 15) is 9.59 Å². The molecule has 2 saturated heterocycles. The number of hydrogen-bond acceptors (Lipinski definition) is 7. The molecule has 0 atom stereocenters. The van der Waals surface area contributed by atoms with E-state index >= 15 is 0 Å². The van der Waals surface area contributed by atoms with Crippen molar-refractivity contribution in [1.29, 1.82) is 5.26 Å². The predicted molar refractivity (Wildman–Crippen MR) is 174 cm³/mol. The second kappa shape index (κ2) is 12.0. The minimum atomic E-state index is -0.529. The number of hydrogen-bond donors (Lipinski definition) is 1. The number of benzene rings is 2. The average Bonchev–Trinajstić information content (AvgIpc) is 2.98. The summed E-state index contributed by atoms with van der Waals surface area (Å²) >= 11 is 6.22. The molecule has 1 saturated carbocycles. The van der Waals surface area contributed by atoms with E-state index in [4.69, 9.17) is 31.1 Å². The Hall–Kier alpha value is -3.48. The summed E-state index contributed by atoms with van der Waals surface area (Å²) in [4.78, 5) is 30.2. The van der Waals surface area contributed by atoms with Crippen LogP contribution in [0.25, 0.3) is 0 Å². The molecule has 45 heavy (non-hydrogen) atoms. The molecule has 2 aromatic carbocycles. The molecule has 3 fully saturated rings. The van der Waals surface area contributed by atoms with Crippen LogP contribution < -0.4 is 15.0 Å². The second-order valence-corrected chi connectivity index (χ2v) is 15.2. The van der Waals surface area contributed by atoms with Gasteiger partial charge in [0, 0.05) is 53.8 Å². The molecule has 2 heterocycles. The van der Waals surface area contributed by atoms with Gasteiger partial charge in [-0.15, -0.1) is 0 Å². The Balaban J connectivity index is 1.16. The molecule has 10 heteroatoms. The summed E-state index contributed by atoms with van der Waals surface area (Å²) in [6.07, 6.45) is 1.15. The van der Waals surface area contributed by atoms with Crippen molar-refractivity contribution in [3.8, 4) is 11.8 Å². The number of amides is 2. The normalized spacial score (nSPS) is 23.4. The van der Waals surface area contributed by atoms with Gasteiger partial charge in [-0.1, -0.05) is 39.3 Å². The Morgan fingerprint density at radius 2 is 1.67 bits per heavy atom. The lowest BCUT2D eigenvalue weighted by Crippen LogP contribution is -2.74. The Bertz CT molecular complexity index is 1450. The molecule has 1 aliphatic carbocycles. The summed E-state index contributed by atoms with van der Waals surface area (Å²) in [5.74, 6) is 0.479. The molecule has 0 unspecified atom stereocenters. The van der Waals surface area contributed by atoms with E-state index in [1.54, 1.807) is 23.1 Å². The van der Waals surface area contributed by atoms with Crippen LogP contribution in [0.2, 0.25) is 5.02 Å². The lowest BCUT2D eigenvalue weighted by molar-refractivity contribution is -0.164. The van der Waals surface area contributed by atoms with E-state index in [-0.39, 0.29) is 40.6 Å². The van der Waals surface area contributed by atoms with Crippen LogP contribution in [0.1, 0.15) is 77.2 Å². The first-order chi connectivity index (χ1) is 21.0. The SMILES string of the molecule is CC(C)(C)OC(=O)N1CCOC2(CCN(c3ccc(C(=O)N[C@H]4C(C)(C)[C@H](Oc5ccc(C#N)c(Cl)c5)C4(C)C)cc3)CC2)C1. The third-order valence-electron chi connectivity index (χ3n) is 9.50. The van der Waals surface area contributed by atoms with Gasteiger partial charge in [-0.05, 0) is 70.0 Å². The fourth-order valence-corrected chi connectivity index (χ4v) is 7.65. The zero-order valence-electron chi connectivity index (χ0n) is 27.4. The van der Waals surface area contributed by atoms with Crippen molar-refractivity contribution in [3.05, 3.63) is 58.6 Å². The van der Waals surface area contributed by atoms with Gasteiger partial charge in [0.05, 0.1) is 29.3 Å². The third-order valence-corrected chi connectivity index (χ3v) is 9.81. The fourth-order valence-electron chi connectivity index (χ4n) is 7.44. The van der Waals surface area contributed by atoms with Gasteiger partial charge in [-0.2, -0.15) is 5.26 Å². The lowest BCUT2D eigenvalue weighted by Gasteiger charge is -2.63. The molecule has 5 rings (SSSR count). The number of carbonyl (C=O) groups excluding carboxylic acids is 2. The third kappa shape index (κ3) is 6.73. The standard InChI is InChI=1S/C35H45ClN4O5/c1-32(2,3)45-31(42)40-18-19-43-35(22-40)14-16-39(17-15-35)25-11-8-23(9-12-25)28(41)38-29-33(4,5)30(34(29,6)7)44-26-13-10-24(21-37)27(36)20-26/h8-13,20,29-30H,14-19,22H2,1-7H3,(H,38,41)/t29-,30-. The van der Waals surface area contributed by atoms with E-state index in [1.807, 2.05) is 45.0 Å². The zero-order chi connectivity index (χ0) is 32.8. The highest BCUT2D eigenvalue weighted by Crippen LogP contribution is 2.55. The van der Waals surface area contributed by atoms with Crippen molar-refractivity contribution < 1.29 is 23.8 Å². The summed E-state index contributed by atoms with van der Waals surface area (Å²) in [7, 11) is 0. The quantitative estimate of drug-likeness (QED) is 0.403. The first kappa shape index (κ1) is 32.9. The van der Waals surface area contributed by atoms with Gasteiger partial charge < -0.3 is 29.3 Å². The second-order valence-electron chi connectivity index (χ2n) is 14.8. The Morgan fingerprint density at radius 3 is 2.24 bits per heavy atom. The van der Waals surface area contributed by atoms with Crippen molar-refractivity contribution in [1.82, 2.24) is 10.2 Å². The molecular formula is C35H45ClN4O5. The molecule has 9 nitrogen and oxygen atoms in total. The molecular weight excluding hydrogens is 592 g/mol. The van der Waals surface area contributed by atoms with Gasteiger partial charge in [0.25, 0.3) is 5.91 Å². The van der Waals surface area contributed by atoms with Crippen molar-refractivity contribution in [2.45, 2.75) is 84.7 Å². The number of morpholine rings is 1. The van der Waals surface area contributed by atoms with Gasteiger partial charge in [-0.25, -0.2) is 4.79 Å². The topological polar surface area (TPSA) is 104 Å². The van der Waals surface area contributed by atoms with Crippen molar-refractivity contribution in [2.24, 2.45) is 10.8 Å². The van der Waals surface area contributed by atoms with Gasteiger partial charge in [0.1, 0.15) is 23.5 Å². The first-order valence-electron chi connectivity index (χ1n) is 15.7. The monoisotopic (exact) mass is 636 g/mol. The smallest absolute Gasteiger partial charge is 0.410 e. The van der Waals surface area contributed by atoms with Crippen LogP contribution in [0.15, 0.2) is 42.5 Å². The van der Waals surface area contributed by atoms with Gasteiger partial charge in [0.15, 0.2) is 0 Å². The zero-order valence-corrected chi connectivity index (χ0v) is 28.2. The van der Waals surface area contributed by atoms with Crippen LogP contribution in [0, 0.1) is 22.2 Å². The maximum atomic E-state index is 13.4. The lowest BCUT2D eigenvalue weighted by atomic mass is 9.49. The molecule has 2 amide bonds. The first-order valence-corrected chi connectivity index (χ1v) is 16.1. The predicted octanol–water partition coefficient (Wildman–Crippen LogP) is 6.43. The number of nitrogens with zero attached hydrogens (tertiary/aromatic N) is 3. The minimum absolute atomic E-state index is 0.120. The molecule has 0 bridgehead atoms. The van der Waals surface area contributed by atoms with Crippen LogP contribution in [0.5, 0.6) is 5.75 Å². The number of anilines is 1. The summed E-state index contributed by atoms with van der Waals surface area (Å²) in [6.45, 7) is 17.2. The van der Waals surface area contributed by atoms with Crippen LogP contribution in [-0.4, -0.2) is 73.0 Å². The molecule has 0 radical (unpaired) electrons. The van der Waals surface area contributed by atoms with Crippen LogP contribution >= 0.6 is 11.6 Å². The van der Waals surface area contributed by atoms with E-state index < -0.39 is 5.60 Å². The number of nitriles is 1. The van der Waals surface area contributed by atoms with E-state index in [2.05, 4.69) is 44.0 Å². The number of piperidine rings is 1. The van der Waals surface area contributed by atoms with Crippen LogP contribution in [-0.2, 0) is 9.47 Å². The number of carbonyl (C=O) groups is 2. The fraction of sp³-hybridized carbons (Fsp3) is 0.571. The highest BCUT2D eigenvalue weighted by Gasteiger charge is 2.64. The van der Waals surface area contributed by atoms with E-state index in [1.165, 1.54) is 0 Å². The summed E-state index contributed by atoms with van der Waals surface area (Å²) < 4.78 is 18.2. The maximum Gasteiger partial charge on any atom is 0.410 e. The summed E-state index contributed by atoms with van der Waals surface area (Å²) in [5.41, 5.74) is 0.486. The van der Waals surface area contributed by atoms with E-state index in [0.29, 0.717) is 41.6 Å². The highest BCUT2D eigenvalue weighted by atomic mass is 35.5. The minimum Gasteiger partial charge on any atom is -0.489 e. The molecule has 2 aliphatic heterocycles. The van der Waals surface area contributed by atoms with Gasteiger partial charge >= 0.3 is 6.09 Å². The Labute approximate surface area is 271 Å². The highest BCUT2D eigenvalue weighted by molar-refractivity contribution is 6.31. The van der Waals surface area contributed by atoms with Crippen LogP contribution in [0.4, 0.5) is 10.5 Å². The molecule has 3 aliphatic rings. The van der Waals surface area contributed by atoms with Crippen molar-refractivity contribution in [2.75, 3.05) is 37.7 Å². The molecule has 1 spiro atoms. The molecule has 0 aromatic heterocycles. The Kier molecular flexibility index (Phi) is 8.80. The van der Waals surface area contributed by atoms with Crippen LogP contribution in [0.3, 0.4) is 0 Å². The van der Waals surface area contributed by atoms with Gasteiger partial charge in [-0.3, -0.25) is 4.79 Å². The van der Waals surface area contributed by atoms with Gasteiger partial charge in [0.2, 0.25) is 0 Å². The Morgan fingerprint density at radius 1 is 1.02 bits per heavy atom. The number of rotatable bonds is 5. The van der Waals surface area contributed by atoms with E-state index in [0.717, 1.165) is 31.6 Å². The summed E-state index contributed by atoms with van der Waals surface area (Å²) in [6, 6.07) is 14.8. The molecule has 1 N–H and O–H groups in total. The van der Waals surface area contributed by atoms with Crippen molar-refractivity contribution in [3.63, 3.8) is 0 Å². The number of halogens is 1. The number of nitrogens with one attached hydrogen (secondary N) is 1.